The van der Waals surface area contributed by atoms with E-state index >= 15 is 0 Å². The molecule has 0 spiro atoms. The SMILES string of the molecule is CC1CC(C)N1Cc1occc1Br. The molecular formula is C10H14BrNO. The van der Waals surface area contributed by atoms with Gasteiger partial charge in [-0.25, -0.2) is 0 Å². The van der Waals surface area contributed by atoms with E-state index in [1.165, 1.54) is 6.42 Å². The zero-order valence-corrected chi connectivity index (χ0v) is 9.54. The molecule has 72 valence electrons. The van der Waals surface area contributed by atoms with Crippen LogP contribution in [0.5, 0.6) is 0 Å². The van der Waals surface area contributed by atoms with Crippen LogP contribution < -0.4 is 0 Å². The van der Waals surface area contributed by atoms with Gasteiger partial charge in [0, 0.05) is 12.1 Å². The minimum atomic E-state index is 0.701. The molecule has 0 saturated carbocycles. The van der Waals surface area contributed by atoms with Crippen molar-refractivity contribution >= 4 is 15.9 Å². The van der Waals surface area contributed by atoms with Crippen molar-refractivity contribution < 1.29 is 4.42 Å². The van der Waals surface area contributed by atoms with Crippen molar-refractivity contribution in [1.82, 2.24) is 4.90 Å². The van der Waals surface area contributed by atoms with Gasteiger partial charge in [-0.15, -0.1) is 0 Å². The van der Waals surface area contributed by atoms with Gasteiger partial charge in [-0.1, -0.05) is 0 Å². The quantitative estimate of drug-likeness (QED) is 0.795. The lowest BCUT2D eigenvalue weighted by molar-refractivity contribution is 0.0230. The van der Waals surface area contributed by atoms with Crippen LogP contribution in [0, 0.1) is 0 Å². The van der Waals surface area contributed by atoms with Crippen LogP contribution >= 0.6 is 15.9 Å². The van der Waals surface area contributed by atoms with E-state index in [1.807, 2.05) is 6.07 Å². The van der Waals surface area contributed by atoms with Crippen LogP contribution in [0.2, 0.25) is 0 Å². The first kappa shape index (κ1) is 9.28. The lowest BCUT2D eigenvalue weighted by Crippen LogP contribution is -2.51. The highest BCUT2D eigenvalue weighted by molar-refractivity contribution is 9.10. The summed E-state index contributed by atoms with van der Waals surface area (Å²) >= 11 is 3.47. The van der Waals surface area contributed by atoms with Gasteiger partial charge >= 0.3 is 0 Å². The fraction of sp³-hybridized carbons (Fsp3) is 0.600. The van der Waals surface area contributed by atoms with Gasteiger partial charge in [-0.2, -0.15) is 0 Å². The topological polar surface area (TPSA) is 16.4 Å². The van der Waals surface area contributed by atoms with Crippen molar-refractivity contribution in [3.05, 3.63) is 22.6 Å². The normalized spacial score (nSPS) is 28.8. The molecule has 2 heterocycles. The molecule has 0 radical (unpaired) electrons. The molecule has 0 aliphatic carbocycles. The Bertz CT molecular complexity index is 289. The van der Waals surface area contributed by atoms with Gasteiger partial charge in [-0.3, -0.25) is 4.90 Å². The Balaban J connectivity index is 2.02. The molecule has 1 aromatic rings. The maximum Gasteiger partial charge on any atom is 0.131 e. The second-order valence-corrected chi connectivity index (χ2v) is 4.65. The summed E-state index contributed by atoms with van der Waals surface area (Å²) in [4.78, 5) is 2.45. The molecular weight excluding hydrogens is 230 g/mol. The van der Waals surface area contributed by atoms with Crippen molar-refractivity contribution in [1.29, 1.82) is 0 Å². The van der Waals surface area contributed by atoms with Gasteiger partial charge in [0.15, 0.2) is 0 Å². The van der Waals surface area contributed by atoms with Crippen LogP contribution in [0.25, 0.3) is 0 Å². The predicted octanol–water partition coefficient (Wildman–Crippen LogP) is 3.02. The number of hydrogen-bond donors (Lipinski definition) is 0. The molecule has 2 unspecified atom stereocenters. The molecule has 2 nitrogen and oxygen atoms in total. The van der Waals surface area contributed by atoms with Gasteiger partial charge in [0.05, 0.1) is 17.3 Å². The van der Waals surface area contributed by atoms with Crippen molar-refractivity contribution in [2.75, 3.05) is 0 Å². The highest BCUT2D eigenvalue weighted by Crippen LogP contribution is 2.29. The lowest BCUT2D eigenvalue weighted by Gasteiger charge is -2.45. The van der Waals surface area contributed by atoms with Crippen molar-refractivity contribution in [2.45, 2.75) is 38.9 Å². The monoisotopic (exact) mass is 243 g/mol. The van der Waals surface area contributed by atoms with Crippen LogP contribution in [0.3, 0.4) is 0 Å². The predicted molar refractivity (Wildman–Crippen MR) is 55.5 cm³/mol. The summed E-state index contributed by atoms with van der Waals surface area (Å²) in [6.45, 7) is 5.45. The van der Waals surface area contributed by atoms with Crippen molar-refractivity contribution in [2.24, 2.45) is 0 Å². The zero-order valence-electron chi connectivity index (χ0n) is 7.96. The first-order chi connectivity index (χ1) is 6.18. The fourth-order valence-electron chi connectivity index (χ4n) is 1.98. The Kier molecular flexibility index (Phi) is 2.47. The van der Waals surface area contributed by atoms with E-state index in [9.17, 15) is 0 Å². The molecule has 2 rings (SSSR count). The van der Waals surface area contributed by atoms with E-state index in [-0.39, 0.29) is 0 Å². The molecule has 1 aliphatic rings. The summed E-state index contributed by atoms with van der Waals surface area (Å²) in [6, 6.07) is 3.35. The maximum absolute atomic E-state index is 5.38. The van der Waals surface area contributed by atoms with Gasteiger partial charge in [0.1, 0.15) is 5.76 Å². The molecule has 1 saturated heterocycles. The third kappa shape index (κ3) is 1.67. The van der Waals surface area contributed by atoms with Crippen molar-refractivity contribution in [3.63, 3.8) is 0 Å². The van der Waals surface area contributed by atoms with E-state index in [2.05, 4.69) is 34.7 Å². The van der Waals surface area contributed by atoms with Crippen LogP contribution in [-0.2, 0) is 6.54 Å². The summed E-state index contributed by atoms with van der Waals surface area (Å²) < 4.78 is 6.46. The summed E-state index contributed by atoms with van der Waals surface area (Å²) in [5, 5.41) is 0. The molecule has 0 amide bonds. The Morgan fingerprint density at radius 1 is 1.54 bits per heavy atom. The highest BCUT2D eigenvalue weighted by atomic mass is 79.9. The molecule has 2 atom stereocenters. The van der Waals surface area contributed by atoms with E-state index in [1.54, 1.807) is 6.26 Å². The van der Waals surface area contributed by atoms with Crippen LogP contribution in [-0.4, -0.2) is 17.0 Å². The van der Waals surface area contributed by atoms with Gasteiger partial charge < -0.3 is 4.42 Å². The fourth-order valence-corrected chi connectivity index (χ4v) is 2.30. The molecule has 0 aromatic carbocycles. The highest BCUT2D eigenvalue weighted by Gasteiger charge is 2.32. The second kappa shape index (κ2) is 3.46. The largest absolute Gasteiger partial charge is 0.467 e. The minimum absolute atomic E-state index is 0.701. The van der Waals surface area contributed by atoms with Crippen LogP contribution in [0.4, 0.5) is 0 Å². The average Bonchev–Trinajstić information content (AvgIpc) is 2.48. The third-order valence-corrected chi connectivity index (χ3v) is 3.54. The van der Waals surface area contributed by atoms with E-state index < -0.39 is 0 Å². The first-order valence-electron chi connectivity index (χ1n) is 4.66. The Morgan fingerprint density at radius 3 is 2.69 bits per heavy atom. The van der Waals surface area contributed by atoms with E-state index in [0.29, 0.717) is 12.1 Å². The zero-order chi connectivity index (χ0) is 9.42. The van der Waals surface area contributed by atoms with Crippen LogP contribution in [0.1, 0.15) is 26.0 Å². The molecule has 0 bridgehead atoms. The first-order valence-corrected chi connectivity index (χ1v) is 5.45. The number of furan rings is 1. The van der Waals surface area contributed by atoms with Gasteiger partial charge in [0.2, 0.25) is 0 Å². The lowest BCUT2D eigenvalue weighted by atomic mass is 9.96. The average molecular weight is 244 g/mol. The standard InChI is InChI=1S/C10H14BrNO/c1-7-5-8(2)12(7)6-10-9(11)3-4-13-10/h3-4,7-8H,5-6H2,1-2H3. The number of likely N-dealkylation sites (tertiary alicyclic amines) is 1. The summed E-state index contributed by atoms with van der Waals surface area (Å²) in [5.74, 6) is 1.04. The summed E-state index contributed by atoms with van der Waals surface area (Å²) in [6.07, 6.45) is 3.03. The molecule has 0 N–H and O–H groups in total. The van der Waals surface area contributed by atoms with E-state index in [0.717, 1.165) is 16.8 Å². The molecule has 1 fully saturated rings. The molecule has 13 heavy (non-hydrogen) atoms. The Labute approximate surface area is 87.0 Å². The van der Waals surface area contributed by atoms with Gasteiger partial charge in [-0.05, 0) is 42.3 Å². The summed E-state index contributed by atoms with van der Waals surface area (Å²) in [5.41, 5.74) is 0. The molecule has 3 heteroatoms. The Hall–Kier alpha value is -0.280. The van der Waals surface area contributed by atoms with Gasteiger partial charge in [0.25, 0.3) is 0 Å². The third-order valence-electron chi connectivity index (χ3n) is 2.83. The molecule has 1 aliphatic heterocycles. The minimum Gasteiger partial charge on any atom is -0.467 e. The maximum atomic E-state index is 5.38. The second-order valence-electron chi connectivity index (χ2n) is 3.80. The van der Waals surface area contributed by atoms with E-state index in [4.69, 9.17) is 4.42 Å². The smallest absolute Gasteiger partial charge is 0.131 e. The van der Waals surface area contributed by atoms with Crippen molar-refractivity contribution in [3.8, 4) is 0 Å². The Morgan fingerprint density at radius 2 is 2.23 bits per heavy atom. The number of hydrogen-bond acceptors (Lipinski definition) is 2. The number of rotatable bonds is 2. The number of halogens is 1. The number of nitrogens with zero attached hydrogens (tertiary/aromatic N) is 1. The summed E-state index contributed by atoms with van der Waals surface area (Å²) in [7, 11) is 0. The van der Waals surface area contributed by atoms with Crippen LogP contribution in [0.15, 0.2) is 21.2 Å². The molecule has 1 aromatic heterocycles.